The van der Waals surface area contributed by atoms with Gasteiger partial charge in [-0.3, -0.25) is 0 Å². The lowest BCUT2D eigenvalue weighted by molar-refractivity contribution is 0.107. The van der Waals surface area contributed by atoms with Crippen LogP contribution in [0.1, 0.15) is 19.3 Å². The number of nitrogens with one attached hydrogen (secondary N) is 1. The molecule has 1 aromatic carbocycles. The number of hydrogen-bond donors (Lipinski definition) is 1. The zero-order valence-electron chi connectivity index (χ0n) is 8.71. The topological polar surface area (TPSA) is 21.3 Å². The highest BCUT2D eigenvalue weighted by molar-refractivity contribution is 6.33. The number of benzene rings is 1. The van der Waals surface area contributed by atoms with Crippen molar-refractivity contribution in [3.63, 3.8) is 0 Å². The summed E-state index contributed by atoms with van der Waals surface area (Å²) < 4.78 is 5.55. The van der Waals surface area contributed by atoms with E-state index in [2.05, 4.69) is 5.32 Å². The molecule has 82 valence electrons. The molecule has 1 fully saturated rings. The highest BCUT2D eigenvalue weighted by Gasteiger charge is 2.14. The molecule has 0 saturated carbocycles. The van der Waals surface area contributed by atoms with Crippen LogP contribution in [-0.2, 0) is 4.74 Å². The second kappa shape index (κ2) is 5.38. The highest BCUT2D eigenvalue weighted by atomic mass is 35.5. The number of halogens is 1. The van der Waals surface area contributed by atoms with E-state index in [4.69, 9.17) is 16.3 Å². The first-order chi connectivity index (χ1) is 7.36. The molecule has 0 radical (unpaired) electrons. The van der Waals surface area contributed by atoms with Gasteiger partial charge in [0, 0.05) is 13.2 Å². The summed E-state index contributed by atoms with van der Waals surface area (Å²) >= 11 is 6.03. The standard InChI is InChI=1S/C12H16ClNO/c13-11-5-1-2-6-12(11)14-8-7-10-4-3-9-15-10/h1-2,5-6,10,14H,3-4,7-9H2. The third kappa shape index (κ3) is 3.11. The molecule has 1 aromatic rings. The second-order valence-electron chi connectivity index (χ2n) is 3.83. The van der Waals surface area contributed by atoms with Crippen molar-refractivity contribution in [1.82, 2.24) is 0 Å². The Morgan fingerprint density at radius 1 is 1.40 bits per heavy atom. The minimum atomic E-state index is 0.444. The number of rotatable bonds is 4. The first-order valence-corrected chi connectivity index (χ1v) is 5.84. The van der Waals surface area contributed by atoms with Gasteiger partial charge in [0.15, 0.2) is 0 Å². The number of anilines is 1. The zero-order chi connectivity index (χ0) is 10.5. The molecule has 1 atom stereocenters. The van der Waals surface area contributed by atoms with Crippen LogP contribution in [0.5, 0.6) is 0 Å². The maximum atomic E-state index is 6.03. The van der Waals surface area contributed by atoms with Crippen molar-refractivity contribution >= 4 is 17.3 Å². The van der Waals surface area contributed by atoms with Gasteiger partial charge in [-0.25, -0.2) is 0 Å². The van der Waals surface area contributed by atoms with Crippen molar-refractivity contribution in [2.45, 2.75) is 25.4 Å². The van der Waals surface area contributed by atoms with E-state index in [9.17, 15) is 0 Å². The van der Waals surface area contributed by atoms with Gasteiger partial charge < -0.3 is 10.1 Å². The second-order valence-corrected chi connectivity index (χ2v) is 4.24. The maximum Gasteiger partial charge on any atom is 0.0637 e. The molecule has 0 amide bonds. The smallest absolute Gasteiger partial charge is 0.0637 e. The van der Waals surface area contributed by atoms with Crippen LogP contribution in [0.2, 0.25) is 5.02 Å². The molecule has 15 heavy (non-hydrogen) atoms. The van der Waals surface area contributed by atoms with Gasteiger partial charge in [-0.2, -0.15) is 0 Å². The molecule has 1 aliphatic rings. The molecule has 0 aromatic heterocycles. The highest BCUT2D eigenvalue weighted by Crippen LogP contribution is 2.21. The lowest BCUT2D eigenvalue weighted by Gasteiger charge is -2.11. The van der Waals surface area contributed by atoms with Crippen molar-refractivity contribution in [2.75, 3.05) is 18.5 Å². The molecular formula is C12H16ClNO. The fourth-order valence-electron chi connectivity index (χ4n) is 1.84. The van der Waals surface area contributed by atoms with Gasteiger partial charge in [0.1, 0.15) is 0 Å². The van der Waals surface area contributed by atoms with Crippen LogP contribution in [-0.4, -0.2) is 19.3 Å². The van der Waals surface area contributed by atoms with E-state index in [0.717, 1.165) is 30.3 Å². The van der Waals surface area contributed by atoms with Crippen molar-refractivity contribution < 1.29 is 4.74 Å². The Hall–Kier alpha value is -0.730. The van der Waals surface area contributed by atoms with E-state index in [-0.39, 0.29) is 0 Å². The van der Waals surface area contributed by atoms with Gasteiger partial charge in [-0.05, 0) is 31.4 Å². The van der Waals surface area contributed by atoms with Crippen LogP contribution in [0.3, 0.4) is 0 Å². The molecule has 1 saturated heterocycles. The van der Waals surface area contributed by atoms with Gasteiger partial charge in [0.05, 0.1) is 16.8 Å². The fourth-order valence-corrected chi connectivity index (χ4v) is 2.05. The van der Waals surface area contributed by atoms with Crippen molar-refractivity contribution in [3.05, 3.63) is 29.3 Å². The Labute approximate surface area is 95.6 Å². The first kappa shape index (κ1) is 10.8. The Bertz CT molecular complexity index is 310. The lowest BCUT2D eigenvalue weighted by atomic mass is 10.2. The predicted octanol–water partition coefficient (Wildman–Crippen LogP) is 3.32. The van der Waals surface area contributed by atoms with Gasteiger partial charge >= 0.3 is 0 Å². The molecule has 1 aliphatic heterocycles. The van der Waals surface area contributed by atoms with E-state index in [1.165, 1.54) is 12.8 Å². The summed E-state index contributed by atoms with van der Waals surface area (Å²) in [4.78, 5) is 0. The van der Waals surface area contributed by atoms with Crippen molar-refractivity contribution in [1.29, 1.82) is 0 Å². The average molecular weight is 226 g/mol. The molecule has 2 rings (SSSR count). The molecule has 0 spiro atoms. The third-order valence-corrected chi connectivity index (χ3v) is 3.01. The van der Waals surface area contributed by atoms with Gasteiger partial charge in [0.2, 0.25) is 0 Å². The molecule has 1 unspecified atom stereocenters. The summed E-state index contributed by atoms with van der Waals surface area (Å²) in [5.41, 5.74) is 1.01. The summed E-state index contributed by atoms with van der Waals surface area (Å²) in [6.45, 7) is 1.85. The fraction of sp³-hybridized carbons (Fsp3) is 0.500. The van der Waals surface area contributed by atoms with Crippen LogP contribution in [0.25, 0.3) is 0 Å². The van der Waals surface area contributed by atoms with Crippen molar-refractivity contribution in [3.8, 4) is 0 Å². The van der Waals surface area contributed by atoms with E-state index < -0.39 is 0 Å². The van der Waals surface area contributed by atoms with E-state index in [1.54, 1.807) is 0 Å². The summed E-state index contributed by atoms with van der Waals surface area (Å²) in [7, 11) is 0. The molecule has 2 nitrogen and oxygen atoms in total. The van der Waals surface area contributed by atoms with Crippen LogP contribution < -0.4 is 5.32 Å². The van der Waals surface area contributed by atoms with E-state index in [0.29, 0.717) is 6.10 Å². The predicted molar refractivity (Wildman–Crippen MR) is 63.5 cm³/mol. The van der Waals surface area contributed by atoms with Crippen molar-refractivity contribution in [2.24, 2.45) is 0 Å². The summed E-state index contributed by atoms with van der Waals surface area (Å²) in [6.07, 6.45) is 3.91. The first-order valence-electron chi connectivity index (χ1n) is 5.46. The number of para-hydroxylation sites is 1. The lowest BCUT2D eigenvalue weighted by Crippen LogP contribution is -2.12. The molecule has 0 bridgehead atoms. The summed E-state index contributed by atoms with van der Waals surface area (Å²) in [5, 5.41) is 4.11. The molecule has 3 heteroatoms. The SMILES string of the molecule is Clc1ccccc1NCCC1CCCO1. The van der Waals surface area contributed by atoms with Crippen LogP contribution in [0.4, 0.5) is 5.69 Å². The van der Waals surface area contributed by atoms with Crippen LogP contribution >= 0.6 is 11.6 Å². The maximum absolute atomic E-state index is 6.03. The minimum Gasteiger partial charge on any atom is -0.384 e. The monoisotopic (exact) mass is 225 g/mol. The molecule has 1 N–H and O–H groups in total. The van der Waals surface area contributed by atoms with E-state index in [1.807, 2.05) is 24.3 Å². The average Bonchev–Trinajstić information content (AvgIpc) is 2.74. The number of hydrogen-bond acceptors (Lipinski definition) is 2. The Morgan fingerprint density at radius 3 is 3.00 bits per heavy atom. The van der Waals surface area contributed by atoms with Crippen LogP contribution in [0, 0.1) is 0 Å². The van der Waals surface area contributed by atoms with E-state index >= 15 is 0 Å². The summed E-state index contributed by atoms with van der Waals surface area (Å²) in [6, 6.07) is 7.82. The Balaban J connectivity index is 1.75. The van der Waals surface area contributed by atoms with Crippen LogP contribution in [0.15, 0.2) is 24.3 Å². The third-order valence-electron chi connectivity index (χ3n) is 2.68. The minimum absolute atomic E-state index is 0.444. The molecular weight excluding hydrogens is 210 g/mol. The Morgan fingerprint density at radius 2 is 2.27 bits per heavy atom. The zero-order valence-corrected chi connectivity index (χ0v) is 9.46. The number of ether oxygens (including phenoxy) is 1. The van der Waals surface area contributed by atoms with Gasteiger partial charge in [-0.15, -0.1) is 0 Å². The van der Waals surface area contributed by atoms with Gasteiger partial charge in [-0.1, -0.05) is 23.7 Å². The molecule has 1 heterocycles. The van der Waals surface area contributed by atoms with Gasteiger partial charge in [0.25, 0.3) is 0 Å². The normalized spacial score (nSPS) is 20.5. The Kier molecular flexibility index (Phi) is 3.87. The summed E-state index contributed by atoms with van der Waals surface area (Å²) in [5.74, 6) is 0. The quantitative estimate of drug-likeness (QED) is 0.849. The largest absolute Gasteiger partial charge is 0.384 e. The molecule has 0 aliphatic carbocycles.